The number of benzene rings is 2. The molecular formula is C24H30N2O6S. The van der Waals surface area contributed by atoms with Crippen LogP contribution < -0.4 is 5.32 Å². The standard InChI is InChI=1S/C24H30N2O6S/c1-16(2)32-24(29)14-22(20-8-6-17(3)7-9-20)25-23(28)15-26(5)33(30,31)21-12-10-19(11-13-21)18(4)27/h6-13,16,22H,14-15H2,1-5H3,(H,25,28). The summed E-state index contributed by atoms with van der Waals surface area (Å²) in [5.74, 6) is -1.21. The lowest BCUT2D eigenvalue weighted by atomic mass is 10.0. The van der Waals surface area contributed by atoms with E-state index < -0.39 is 34.5 Å². The lowest BCUT2D eigenvalue weighted by Gasteiger charge is -2.22. The molecule has 1 amide bonds. The summed E-state index contributed by atoms with van der Waals surface area (Å²) in [6, 6.07) is 12.2. The second kappa shape index (κ2) is 11.2. The average molecular weight is 475 g/mol. The number of Topliss-reactive ketones (excluding diaryl/α,β-unsaturated/α-hetero) is 1. The van der Waals surface area contributed by atoms with E-state index in [0.29, 0.717) is 11.1 Å². The van der Waals surface area contributed by atoms with Gasteiger partial charge in [0.25, 0.3) is 0 Å². The zero-order valence-corrected chi connectivity index (χ0v) is 20.3. The highest BCUT2D eigenvalue weighted by molar-refractivity contribution is 7.89. The van der Waals surface area contributed by atoms with Crippen LogP contribution in [0, 0.1) is 6.92 Å². The molecule has 33 heavy (non-hydrogen) atoms. The molecule has 0 fully saturated rings. The summed E-state index contributed by atoms with van der Waals surface area (Å²) in [6.07, 6.45) is -0.381. The summed E-state index contributed by atoms with van der Waals surface area (Å²) in [5, 5.41) is 2.74. The highest BCUT2D eigenvalue weighted by atomic mass is 32.2. The zero-order valence-electron chi connectivity index (χ0n) is 19.5. The van der Waals surface area contributed by atoms with Gasteiger partial charge in [-0.2, -0.15) is 4.31 Å². The van der Waals surface area contributed by atoms with E-state index in [2.05, 4.69) is 5.32 Å². The lowest BCUT2D eigenvalue weighted by molar-refractivity contribution is -0.148. The summed E-state index contributed by atoms with van der Waals surface area (Å²) in [4.78, 5) is 36.3. The minimum Gasteiger partial charge on any atom is -0.463 e. The van der Waals surface area contributed by atoms with Gasteiger partial charge >= 0.3 is 5.97 Å². The number of rotatable bonds is 10. The molecule has 178 valence electrons. The quantitative estimate of drug-likeness (QED) is 0.419. The van der Waals surface area contributed by atoms with Crippen LogP contribution in [0.15, 0.2) is 53.4 Å². The number of nitrogens with zero attached hydrogens (tertiary/aromatic N) is 1. The molecule has 2 rings (SSSR count). The number of hydrogen-bond acceptors (Lipinski definition) is 6. The Morgan fingerprint density at radius 1 is 1.00 bits per heavy atom. The van der Waals surface area contributed by atoms with Crippen LogP contribution in [0.3, 0.4) is 0 Å². The third-order valence-electron chi connectivity index (χ3n) is 4.89. The highest BCUT2D eigenvalue weighted by Crippen LogP contribution is 2.20. The van der Waals surface area contributed by atoms with Gasteiger partial charge in [0.1, 0.15) is 0 Å². The molecule has 0 aliphatic rings. The maximum atomic E-state index is 12.8. The van der Waals surface area contributed by atoms with Crippen LogP contribution in [0.4, 0.5) is 0 Å². The maximum absolute atomic E-state index is 12.8. The second-order valence-corrected chi connectivity index (χ2v) is 10.2. The molecule has 1 N–H and O–H groups in total. The molecule has 0 aliphatic carbocycles. The highest BCUT2D eigenvalue weighted by Gasteiger charge is 2.26. The molecule has 2 aromatic carbocycles. The molecule has 0 bridgehead atoms. The Labute approximate surface area is 195 Å². The van der Waals surface area contributed by atoms with Gasteiger partial charge in [0.05, 0.1) is 30.0 Å². The molecule has 0 aromatic heterocycles. The van der Waals surface area contributed by atoms with Crippen LogP contribution in [0.1, 0.15) is 54.7 Å². The van der Waals surface area contributed by atoms with Gasteiger partial charge < -0.3 is 10.1 Å². The van der Waals surface area contributed by atoms with E-state index in [9.17, 15) is 22.8 Å². The van der Waals surface area contributed by atoms with Crippen molar-refractivity contribution in [2.75, 3.05) is 13.6 Å². The van der Waals surface area contributed by atoms with Crippen LogP contribution in [0.25, 0.3) is 0 Å². The van der Waals surface area contributed by atoms with Crippen LogP contribution in [0.2, 0.25) is 0 Å². The van der Waals surface area contributed by atoms with Crippen molar-refractivity contribution in [3.63, 3.8) is 0 Å². The molecule has 0 aliphatic heterocycles. The number of hydrogen-bond donors (Lipinski definition) is 1. The van der Waals surface area contributed by atoms with E-state index in [1.807, 2.05) is 19.1 Å². The number of sulfonamides is 1. The molecule has 9 heteroatoms. The van der Waals surface area contributed by atoms with Crippen molar-refractivity contribution in [3.8, 4) is 0 Å². The Balaban J connectivity index is 2.14. The van der Waals surface area contributed by atoms with Crippen molar-refractivity contribution in [1.29, 1.82) is 0 Å². The molecular weight excluding hydrogens is 444 g/mol. The number of carbonyl (C=O) groups is 3. The minimum atomic E-state index is -3.95. The average Bonchev–Trinajstić information content (AvgIpc) is 2.73. The predicted molar refractivity (Wildman–Crippen MR) is 124 cm³/mol. The fourth-order valence-electron chi connectivity index (χ4n) is 3.10. The van der Waals surface area contributed by atoms with Gasteiger partial charge in [-0.3, -0.25) is 14.4 Å². The minimum absolute atomic E-state index is 0.0293. The van der Waals surface area contributed by atoms with Gasteiger partial charge in [-0.15, -0.1) is 0 Å². The van der Waals surface area contributed by atoms with Crippen molar-refractivity contribution in [2.45, 2.75) is 51.2 Å². The van der Waals surface area contributed by atoms with Crippen molar-refractivity contribution in [2.24, 2.45) is 0 Å². The van der Waals surface area contributed by atoms with Crippen LogP contribution >= 0.6 is 0 Å². The molecule has 0 spiro atoms. The number of likely N-dealkylation sites (N-methyl/N-ethyl adjacent to an activating group) is 1. The predicted octanol–water partition coefficient (Wildman–Crippen LogP) is 3.02. The number of aryl methyl sites for hydroxylation is 1. The Hall–Kier alpha value is -3.04. The molecule has 2 aromatic rings. The molecule has 1 unspecified atom stereocenters. The maximum Gasteiger partial charge on any atom is 0.308 e. The van der Waals surface area contributed by atoms with E-state index in [0.717, 1.165) is 9.87 Å². The fourth-order valence-corrected chi connectivity index (χ4v) is 4.22. The summed E-state index contributed by atoms with van der Waals surface area (Å²) in [7, 11) is -2.66. The van der Waals surface area contributed by atoms with Gasteiger partial charge in [0, 0.05) is 12.6 Å². The Bertz CT molecular complexity index is 1090. The normalized spacial score (nSPS) is 12.5. The molecule has 1 atom stereocenters. The van der Waals surface area contributed by atoms with Gasteiger partial charge in [-0.1, -0.05) is 42.0 Å². The van der Waals surface area contributed by atoms with E-state index in [-0.39, 0.29) is 23.2 Å². The van der Waals surface area contributed by atoms with Crippen molar-refractivity contribution >= 4 is 27.7 Å². The van der Waals surface area contributed by atoms with Gasteiger partial charge in [-0.25, -0.2) is 8.42 Å². The summed E-state index contributed by atoms with van der Waals surface area (Å²) < 4.78 is 31.8. The van der Waals surface area contributed by atoms with E-state index in [1.54, 1.807) is 26.0 Å². The molecule has 0 saturated carbocycles. The first kappa shape index (κ1) is 26.2. The third kappa shape index (κ3) is 7.50. The molecule has 0 saturated heterocycles. The first-order valence-electron chi connectivity index (χ1n) is 10.5. The smallest absolute Gasteiger partial charge is 0.308 e. The number of carbonyl (C=O) groups excluding carboxylic acids is 3. The Kier molecular flexibility index (Phi) is 8.90. The first-order chi connectivity index (χ1) is 15.4. The van der Waals surface area contributed by atoms with Crippen molar-refractivity contribution < 1.29 is 27.5 Å². The number of ketones is 1. The van der Waals surface area contributed by atoms with Gasteiger partial charge in [-0.05, 0) is 45.4 Å². The molecule has 0 heterocycles. The fraction of sp³-hybridized carbons (Fsp3) is 0.375. The zero-order chi connectivity index (χ0) is 24.8. The van der Waals surface area contributed by atoms with Crippen molar-refractivity contribution in [1.82, 2.24) is 9.62 Å². The third-order valence-corrected chi connectivity index (χ3v) is 6.71. The SMILES string of the molecule is CC(=O)c1ccc(S(=O)(=O)N(C)CC(=O)NC(CC(=O)OC(C)C)c2ccc(C)cc2)cc1. The molecule has 8 nitrogen and oxygen atoms in total. The molecule has 0 radical (unpaired) electrons. The topological polar surface area (TPSA) is 110 Å². The summed E-state index contributed by atoms with van der Waals surface area (Å²) >= 11 is 0. The Morgan fingerprint density at radius 3 is 2.09 bits per heavy atom. The van der Waals surface area contributed by atoms with E-state index >= 15 is 0 Å². The lowest BCUT2D eigenvalue weighted by Crippen LogP contribution is -2.40. The van der Waals surface area contributed by atoms with Crippen molar-refractivity contribution in [3.05, 3.63) is 65.2 Å². The number of nitrogens with one attached hydrogen (secondary N) is 1. The number of esters is 1. The Morgan fingerprint density at radius 2 is 1.58 bits per heavy atom. The largest absolute Gasteiger partial charge is 0.463 e. The van der Waals surface area contributed by atoms with Gasteiger partial charge in [0.2, 0.25) is 15.9 Å². The summed E-state index contributed by atoms with van der Waals surface area (Å²) in [6.45, 7) is 6.34. The monoisotopic (exact) mass is 474 g/mol. The van der Waals surface area contributed by atoms with Crippen LogP contribution in [-0.4, -0.2) is 50.1 Å². The van der Waals surface area contributed by atoms with Crippen LogP contribution in [-0.2, 0) is 24.3 Å². The number of ether oxygens (including phenoxy) is 1. The van der Waals surface area contributed by atoms with E-state index in [4.69, 9.17) is 4.74 Å². The first-order valence-corrected chi connectivity index (χ1v) is 12.0. The second-order valence-electron chi connectivity index (χ2n) is 8.12. The summed E-state index contributed by atoms with van der Waals surface area (Å²) in [5.41, 5.74) is 2.12. The van der Waals surface area contributed by atoms with Crippen LogP contribution in [0.5, 0.6) is 0 Å². The van der Waals surface area contributed by atoms with E-state index in [1.165, 1.54) is 38.2 Å². The van der Waals surface area contributed by atoms with Gasteiger partial charge in [0.15, 0.2) is 5.78 Å². The number of amides is 1.